The van der Waals surface area contributed by atoms with Crippen LogP contribution in [0.5, 0.6) is 11.6 Å². The molecule has 0 saturated carbocycles. The van der Waals surface area contributed by atoms with E-state index in [2.05, 4.69) is 16.0 Å². The normalized spacial score (nSPS) is 14.2. The molecule has 1 aliphatic heterocycles. The summed E-state index contributed by atoms with van der Waals surface area (Å²) in [6, 6.07) is 19.3. The molecule has 2 aromatic heterocycles. The molecular weight excluding hydrogens is 476 g/mol. The van der Waals surface area contributed by atoms with E-state index in [9.17, 15) is 19.8 Å². The molecule has 1 fully saturated rings. The highest BCUT2D eigenvalue weighted by Gasteiger charge is 2.55. The number of carbonyl (C=O) groups is 2. The van der Waals surface area contributed by atoms with Gasteiger partial charge in [0, 0.05) is 23.7 Å². The predicted octanol–water partition coefficient (Wildman–Crippen LogP) is 4.58. The van der Waals surface area contributed by atoms with E-state index in [1.165, 1.54) is 11.1 Å². The van der Waals surface area contributed by atoms with Crippen molar-refractivity contribution in [3.8, 4) is 40.4 Å². The van der Waals surface area contributed by atoms with Crippen molar-refractivity contribution in [3.63, 3.8) is 0 Å². The first-order valence-corrected chi connectivity index (χ1v) is 11.4. The Labute approximate surface area is 211 Å². The summed E-state index contributed by atoms with van der Waals surface area (Å²) in [5, 5.41) is 28.2. The van der Waals surface area contributed by atoms with Crippen molar-refractivity contribution < 1.29 is 29.0 Å². The van der Waals surface area contributed by atoms with Gasteiger partial charge in [0.2, 0.25) is 17.3 Å². The molecule has 0 radical (unpaired) electrons. The van der Waals surface area contributed by atoms with Crippen molar-refractivity contribution in [2.45, 2.75) is 18.4 Å². The summed E-state index contributed by atoms with van der Waals surface area (Å²) in [7, 11) is 0. The maximum Gasteiger partial charge on any atom is 0.341 e. The number of anilines is 1. The van der Waals surface area contributed by atoms with E-state index in [1.807, 2.05) is 12.1 Å². The molecule has 1 aliphatic rings. The topological polar surface area (TPSA) is 150 Å². The fourth-order valence-electron chi connectivity index (χ4n) is 4.34. The monoisotopic (exact) mass is 496 g/mol. The van der Waals surface area contributed by atoms with E-state index in [1.54, 1.807) is 54.8 Å². The van der Waals surface area contributed by atoms with Gasteiger partial charge in [-0.3, -0.25) is 0 Å². The zero-order chi connectivity index (χ0) is 26.0. The van der Waals surface area contributed by atoms with Crippen molar-refractivity contribution in [2.24, 2.45) is 0 Å². The van der Waals surface area contributed by atoms with Crippen LogP contribution in [-0.2, 0) is 9.59 Å². The van der Waals surface area contributed by atoms with Crippen LogP contribution < -0.4 is 9.64 Å². The third-order valence-electron chi connectivity index (χ3n) is 6.26. The van der Waals surface area contributed by atoms with Crippen molar-refractivity contribution in [1.82, 2.24) is 9.97 Å². The lowest BCUT2D eigenvalue weighted by molar-refractivity contribution is -0.156. The van der Waals surface area contributed by atoms with E-state index in [-0.39, 0.29) is 12.3 Å². The number of hydrogen-bond donors (Lipinski definition) is 2. The molecule has 0 atom stereocenters. The van der Waals surface area contributed by atoms with Crippen LogP contribution >= 0.6 is 0 Å². The highest BCUT2D eigenvalue weighted by Crippen LogP contribution is 2.35. The minimum Gasteiger partial charge on any atom is -0.479 e. The van der Waals surface area contributed by atoms with Crippen molar-refractivity contribution in [2.75, 3.05) is 11.4 Å². The number of rotatable bonds is 7. The molecule has 1 saturated heterocycles. The van der Waals surface area contributed by atoms with Crippen LogP contribution in [0.4, 0.5) is 5.69 Å². The zero-order valence-corrected chi connectivity index (χ0v) is 19.4. The Kier molecular flexibility index (Phi) is 6.03. The Bertz CT molecular complexity index is 1470. The summed E-state index contributed by atoms with van der Waals surface area (Å²) in [4.78, 5) is 33.7. The average molecular weight is 496 g/mol. The second kappa shape index (κ2) is 9.47. The lowest BCUT2D eigenvalue weighted by Crippen LogP contribution is -2.57. The van der Waals surface area contributed by atoms with Crippen LogP contribution in [0.15, 0.2) is 77.5 Å². The van der Waals surface area contributed by atoms with Crippen LogP contribution in [0.1, 0.15) is 18.4 Å². The Morgan fingerprint density at radius 1 is 1.00 bits per heavy atom. The number of carboxylic acids is 2. The van der Waals surface area contributed by atoms with E-state index in [0.29, 0.717) is 41.6 Å². The van der Waals surface area contributed by atoms with Gasteiger partial charge < -0.3 is 24.3 Å². The van der Waals surface area contributed by atoms with Gasteiger partial charge in [-0.1, -0.05) is 12.1 Å². The maximum atomic E-state index is 11.8. The molecule has 37 heavy (non-hydrogen) atoms. The first-order valence-electron chi connectivity index (χ1n) is 11.4. The van der Waals surface area contributed by atoms with Gasteiger partial charge in [-0.05, 0) is 55.3 Å². The van der Waals surface area contributed by atoms with Crippen LogP contribution in [-0.4, -0.2) is 44.2 Å². The van der Waals surface area contributed by atoms with Crippen LogP contribution in [0, 0.1) is 11.3 Å². The minimum atomic E-state index is -2.00. The third kappa shape index (κ3) is 4.34. The summed E-state index contributed by atoms with van der Waals surface area (Å²) in [5.74, 6) is -1.58. The third-order valence-corrected chi connectivity index (χ3v) is 6.26. The highest BCUT2D eigenvalue weighted by molar-refractivity contribution is 6.07. The zero-order valence-electron chi connectivity index (χ0n) is 19.4. The molecule has 0 unspecified atom stereocenters. The van der Waals surface area contributed by atoms with Gasteiger partial charge in [-0.15, -0.1) is 0 Å². The van der Waals surface area contributed by atoms with Gasteiger partial charge in [-0.25, -0.2) is 19.6 Å². The minimum absolute atomic E-state index is 0.0156. The van der Waals surface area contributed by atoms with E-state index in [0.717, 1.165) is 11.1 Å². The molecule has 10 heteroatoms. The Morgan fingerprint density at radius 2 is 1.70 bits per heavy atom. The molecule has 4 aromatic rings. The molecular formula is C27H20N4O6. The van der Waals surface area contributed by atoms with Crippen molar-refractivity contribution >= 4 is 17.6 Å². The van der Waals surface area contributed by atoms with Crippen molar-refractivity contribution in [3.05, 3.63) is 78.7 Å². The van der Waals surface area contributed by atoms with E-state index in [4.69, 9.17) is 14.4 Å². The first kappa shape index (κ1) is 23.6. The predicted molar refractivity (Wildman–Crippen MR) is 131 cm³/mol. The van der Waals surface area contributed by atoms with E-state index >= 15 is 0 Å². The number of benzene rings is 2. The number of nitriles is 1. The molecule has 3 heterocycles. The fraction of sp³-hybridized carbons (Fsp3) is 0.148. The highest BCUT2D eigenvalue weighted by atomic mass is 16.5. The molecule has 5 rings (SSSR count). The molecule has 2 aromatic carbocycles. The van der Waals surface area contributed by atoms with Crippen LogP contribution in [0.25, 0.3) is 22.7 Å². The van der Waals surface area contributed by atoms with Gasteiger partial charge in [0.05, 0.1) is 23.5 Å². The largest absolute Gasteiger partial charge is 0.479 e. The quantitative estimate of drug-likeness (QED) is 0.348. The SMILES string of the molecule is N#Cc1ccc(-c2coc(-c3ccc(Oc4ccc(N5CCCC5(C(=O)O)C(=O)O)cn4)cc3)n2)cc1. The number of hydrogen-bond acceptors (Lipinski definition) is 8. The number of nitrogens with zero attached hydrogens (tertiary/aromatic N) is 4. The van der Waals surface area contributed by atoms with Crippen molar-refractivity contribution in [1.29, 1.82) is 5.26 Å². The molecule has 184 valence electrons. The van der Waals surface area contributed by atoms with Gasteiger partial charge in [0.25, 0.3) is 0 Å². The van der Waals surface area contributed by atoms with Gasteiger partial charge in [0.1, 0.15) is 17.7 Å². The maximum absolute atomic E-state index is 11.8. The summed E-state index contributed by atoms with van der Waals surface area (Å²) in [6.07, 6.45) is 3.42. The molecule has 0 amide bonds. The Balaban J connectivity index is 1.28. The van der Waals surface area contributed by atoms with Gasteiger partial charge in [0.15, 0.2) is 0 Å². The summed E-state index contributed by atoms with van der Waals surface area (Å²) in [6.45, 7) is 0.301. The molecule has 0 bridgehead atoms. The number of oxazole rings is 1. The van der Waals surface area contributed by atoms with Crippen LogP contribution in [0.3, 0.4) is 0 Å². The first-order chi connectivity index (χ1) is 17.9. The smallest absolute Gasteiger partial charge is 0.341 e. The van der Waals surface area contributed by atoms with Gasteiger partial charge in [-0.2, -0.15) is 5.26 Å². The average Bonchev–Trinajstić information content (AvgIpc) is 3.59. The molecule has 0 spiro atoms. The Hall–Kier alpha value is -5.17. The summed E-state index contributed by atoms with van der Waals surface area (Å²) >= 11 is 0. The molecule has 0 aliphatic carbocycles. The number of aromatic nitrogens is 2. The standard InChI is InChI=1S/C27H20N4O6/c28-14-17-2-4-18(5-3-17)22-16-36-24(30-22)19-6-9-21(10-7-19)37-23-11-8-20(15-29-23)31-13-1-12-27(31,25(32)33)26(34)35/h2-11,15-16H,1,12-13H2,(H,32,33)(H,34,35). The number of ether oxygens (including phenoxy) is 1. The van der Waals surface area contributed by atoms with Crippen LogP contribution in [0.2, 0.25) is 0 Å². The summed E-state index contributed by atoms with van der Waals surface area (Å²) < 4.78 is 11.4. The lowest BCUT2D eigenvalue weighted by Gasteiger charge is -2.32. The fourth-order valence-corrected chi connectivity index (χ4v) is 4.34. The summed E-state index contributed by atoms with van der Waals surface area (Å²) in [5.41, 5.74) is 1.19. The number of carboxylic acid groups (broad SMARTS) is 2. The number of pyridine rings is 1. The lowest BCUT2D eigenvalue weighted by atomic mass is 9.96. The van der Waals surface area contributed by atoms with E-state index < -0.39 is 17.5 Å². The Morgan fingerprint density at radius 3 is 2.32 bits per heavy atom. The molecule has 2 N–H and O–H groups in total. The number of aliphatic carboxylic acids is 2. The second-order valence-electron chi connectivity index (χ2n) is 8.43. The van der Waals surface area contributed by atoms with Gasteiger partial charge >= 0.3 is 11.9 Å². The second-order valence-corrected chi connectivity index (χ2v) is 8.43. The molecule has 10 nitrogen and oxygen atoms in total.